The van der Waals surface area contributed by atoms with E-state index in [1.165, 1.54) is 0 Å². The zero-order chi connectivity index (χ0) is 24.3. The van der Waals surface area contributed by atoms with Gasteiger partial charge < -0.3 is 19.3 Å². The van der Waals surface area contributed by atoms with Crippen molar-refractivity contribution in [1.29, 1.82) is 0 Å². The summed E-state index contributed by atoms with van der Waals surface area (Å²) in [6.45, 7) is 12.3. The molecule has 182 valence electrons. The van der Waals surface area contributed by atoms with Crippen LogP contribution in [-0.4, -0.2) is 34.1 Å². The first-order chi connectivity index (χ1) is 16.3. The Morgan fingerprint density at radius 2 is 1.97 bits per heavy atom. The molecule has 1 N–H and O–H groups in total. The summed E-state index contributed by atoms with van der Waals surface area (Å²) in [4.78, 5) is 13.0. The Bertz CT molecular complexity index is 1140. The molecule has 34 heavy (non-hydrogen) atoms. The van der Waals surface area contributed by atoms with Gasteiger partial charge in [0.25, 0.3) is 5.91 Å². The monoisotopic (exact) mass is 466 g/mol. The van der Waals surface area contributed by atoms with Gasteiger partial charge in [-0.3, -0.25) is 9.48 Å². The van der Waals surface area contributed by atoms with E-state index < -0.39 is 0 Å². The number of carbonyl (C=O) groups excluding carboxylic acids is 1. The minimum absolute atomic E-state index is 0.173. The minimum atomic E-state index is -0.265. The van der Waals surface area contributed by atoms with Crippen LogP contribution in [0.2, 0.25) is 0 Å². The number of aromatic nitrogens is 3. The second kappa shape index (κ2) is 9.91. The number of ether oxygens (including phenoxy) is 2. The first kappa shape index (κ1) is 23.9. The SMILES string of the molecule is CCOc1ccc(Cn2cc(NC(=O)c3noc4c3CC(C(C)(C)C)CC4)cn2)cc1OCC. The number of benzene rings is 1. The smallest absolute Gasteiger partial charge is 0.278 e. The first-order valence-corrected chi connectivity index (χ1v) is 12.0. The van der Waals surface area contributed by atoms with Crippen LogP contribution in [-0.2, 0) is 19.4 Å². The van der Waals surface area contributed by atoms with E-state index in [9.17, 15) is 4.79 Å². The normalized spacial score (nSPS) is 15.6. The second-order valence-electron chi connectivity index (χ2n) is 9.77. The predicted molar refractivity (Wildman–Crippen MR) is 130 cm³/mol. The van der Waals surface area contributed by atoms with Crippen molar-refractivity contribution >= 4 is 11.6 Å². The van der Waals surface area contributed by atoms with Crippen molar-refractivity contribution in [1.82, 2.24) is 14.9 Å². The highest BCUT2D eigenvalue weighted by Crippen LogP contribution is 2.38. The highest BCUT2D eigenvalue weighted by atomic mass is 16.5. The van der Waals surface area contributed by atoms with Crippen LogP contribution < -0.4 is 14.8 Å². The average Bonchev–Trinajstić information content (AvgIpc) is 3.41. The average molecular weight is 467 g/mol. The third kappa shape index (κ3) is 5.26. The van der Waals surface area contributed by atoms with Gasteiger partial charge in [0.1, 0.15) is 5.76 Å². The molecule has 1 atom stereocenters. The van der Waals surface area contributed by atoms with E-state index in [2.05, 4.69) is 36.3 Å². The van der Waals surface area contributed by atoms with Gasteiger partial charge in [-0.25, -0.2) is 0 Å². The molecule has 1 aliphatic carbocycles. The van der Waals surface area contributed by atoms with Gasteiger partial charge in [-0.2, -0.15) is 5.10 Å². The van der Waals surface area contributed by atoms with Crippen LogP contribution >= 0.6 is 0 Å². The Balaban J connectivity index is 1.44. The summed E-state index contributed by atoms with van der Waals surface area (Å²) in [6, 6.07) is 5.86. The van der Waals surface area contributed by atoms with E-state index in [1.54, 1.807) is 17.1 Å². The number of hydrogen-bond donors (Lipinski definition) is 1. The number of nitrogens with one attached hydrogen (secondary N) is 1. The summed E-state index contributed by atoms with van der Waals surface area (Å²) < 4.78 is 18.6. The molecule has 2 aromatic heterocycles. The Kier molecular flexibility index (Phi) is 6.95. The Morgan fingerprint density at radius 1 is 1.21 bits per heavy atom. The number of nitrogens with zero attached hydrogens (tertiary/aromatic N) is 3. The van der Waals surface area contributed by atoms with Crippen molar-refractivity contribution in [2.24, 2.45) is 11.3 Å². The molecule has 8 heteroatoms. The highest BCUT2D eigenvalue weighted by molar-refractivity contribution is 6.03. The second-order valence-corrected chi connectivity index (χ2v) is 9.77. The Labute approximate surface area is 200 Å². The van der Waals surface area contributed by atoms with Crippen LogP contribution in [0.25, 0.3) is 0 Å². The minimum Gasteiger partial charge on any atom is -0.490 e. The number of fused-ring (bicyclic) bond motifs is 1. The quantitative estimate of drug-likeness (QED) is 0.495. The fourth-order valence-corrected chi connectivity index (χ4v) is 4.41. The molecule has 0 fully saturated rings. The van der Waals surface area contributed by atoms with Gasteiger partial charge in [0.15, 0.2) is 17.2 Å². The van der Waals surface area contributed by atoms with Crippen molar-refractivity contribution in [2.45, 2.75) is 60.4 Å². The van der Waals surface area contributed by atoms with Gasteiger partial charge >= 0.3 is 0 Å². The van der Waals surface area contributed by atoms with E-state index >= 15 is 0 Å². The molecular weight excluding hydrogens is 432 g/mol. The van der Waals surface area contributed by atoms with Crippen LogP contribution in [0.1, 0.15) is 68.4 Å². The number of carbonyl (C=O) groups is 1. The van der Waals surface area contributed by atoms with E-state index in [1.807, 2.05) is 32.0 Å². The maximum atomic E-state index is 13.0. The Hall–Kier alpha value is -3.29. The lowest BCUT2D eigenvalue weighted by Gasteiger charge is -2.33. The van der Waals surface area contributed by atoms with Gasteiger partial charge in [0, 0.05) is 18.2 Å². The summed E-state index contributed by atoms with van der Waals surface area (Å²) in [5.41, 5.74) is 3.12. The molecule has 8 nitrogen and oxygen atoms in total. The molecule has 0 radical (unpaired) electrons. The summed E-state index contributed by atoms with van der Waals surface area (Å²) in [5, 5.41) is 11.4. The molecule has 4 rings (SSSR count). The molecule has 1 unspecified atom stereocenters. The molecule has 1 aliphatic rings. The van der Waals surface area contributed by atoms with Crippen LogP contribution in [0.3, 0.4) is 0 Å². The fourth-order valence-electron chi connectivity index (χ4n) is 4.41. The lowest BCUT2D eigenvalue weighted by atomic mass is 9.71. The van der Waals surface area contributed by atoms with Crippen molar-refractivity contribution in [2.75, 3.05) is 18.5 Å². The van der Waals surface area contributed by atoms with Crippen molar-refractivity contribution in [3.63, 3.8) is 0 Å². The lowest BCUT2D eigenvalue weighted by Crippen LogP contribution is -2.27. The van der Waals surface area contributed by atoms with Crippen LogP contribution in [0, 0.1) is 11.3 Å². The number of aryl methyl sites for hydroxylation is 1. The molecule has 0 saturated heterocycles. The fraction of sp³-hybridized carbons (Fsp3) is 0.500. The summed E-state index contributed by atoms with van der Waals surface area (Å²) in [5.74, 6) is 2.50. The summed E-state index contributed by atoms with van der Waals surface area (Å²) >= 11 is 0. The van der Waals surface area contributed by atoms with E-state index in [4.69, 9.17) is 14.0 Å². The molecule has 0 aliphatic heterocycles. The summed E-state index contributed by atoms with van der Waals surface area (Å²) in [7, 11) is 0. The largest absolute Gasteiger partial charge is 0.490 e. The van der Waals surface area contributed by atoms with Gasteiger partial charge in [-0.05, 0) is 55.7 Å². The molecule has 0 bridgehead atoms. The molecule has 3 aromatic rings. The molecular formula is C26H34N4O4. The zero-order valence-corrected chi connectivity index (χ0v) is 20.7. The van der Waals surface area contributed by atoms with Gasteiger partial charge in [0.2, 0.25) is 0 Å². The lowest BCUT2D eigenvalue weighted by molar-refractivity contribution is 0.101. The topological polar surface area (TPSA) is 91.4 Å². The molecule has 1 amide bonds. The molecule has 2 heterocycles. The third-order valence-electron chi connectivity index (χ3n) is 6.32. The van der Waals surface area contributed by atoms with Crippen molar-refractivity contribution in [3.8, 4) is 11.5 Å². The van der Waals surface area contributed by atoms with Crippen molar-refractivity contribution < 1.29 is 18.8 Å². The van der Waals surface area contributed by atoms with Gasteiger partial charge in [-0.15, -0.1) is 0 Å². The highest BCUT2D eigenvalue weighted by Gasteiger charge is 2.34. The number of hydrogen-bond acceptors (Lipinski definition) is 6. The number of amides is 1. The standard InChI is InChI=1S/C26H34N4O4/c1-6-32-22-10-8-17(12-23(22)33-7-2)15-30-16-19(14-27-30)28-25(31)24-20-13-18(26(3,4)5)9-11-21(20)34-29-24/h8,10,12,14,16,18H,6-7,9,11,13,15H2,1-5H3,(H,28,31). The third-order valence-corrected chi connectivity index (χ3v) is 6.32. The maximum absolute atomic E-state index is 13.0. The number of rotatable bonds is 8. The molecule has 0 spiro atoms. The molecule has 0 saturated carbocycles. The van der Waals surface area contributed by atoms with Crippen LogP contribution in [0.15, 0.2) is 35.1 Å². The Morgan fingerprint density at radius 3 is 2.71 bits per heavy atom. The van der Waals surface area contributed by atoms with Crippen LogP contribution in [0.5, 0.6) is 11.5 Å². The summed E-state index contributed by atoms with van der Waals surface area (Å²) in [6.07, 6.45) is 6.13. The van der Waals surface area contributed by atoms with Crippen molar-refractivity contribution in [3.05, 3.63) is 53.2 Å². The zero-order valence-electron chi connectivity index (χ0n) is 20.7. The number of anilines is 1. The predicted octanol–water partition coefficient (Wildman–Crippen LogP) is 5.12. The van der Waals surface area contributed by atoms with Gasteiger partial charge in [-0.1, -0.05) is 32.0 Å². The van der Waals surface area contributed by atoms with E-state index in [0.29, 0.717) is 42.8 Å². The van der Waals surface area contributed by atoms with Crippen LogP contribution in [0.4, 0.5) is 5.69 Å². The maximum Gasteiger partial charge on any atom is 0.278 e. The van der Waals surface area contributed by atoms with E-state index in [-0.39, 0.29) is 11.3 Å². The van der Waals surface area contributed by atoms with Gasteiger partial charge in [0.05, 0.1) is 31.6 Å². The first-order valence-electron chi connectivity index (χ1n) is 12.0. The molecule has 1 aromatic carbocycles. The van der Waals surface area contributed by atoms with E-state index in [0.717, 1.165) is 41.9 Å².